The Kier molecular flexibility index (Phi) is 4.94. The highest BCUT2D eigenvalue weighted by Crippen LogP contribution is 2.16. The lowest BCUT2D eigenvalue weighted by Crippen LogP contribution is -2.66. The van der Waals surface area contributed by atoms with Crippen molar-refractivity contribution < 1.29 is 4.74 Å². The molecule has 0 bridgehead atoms. The van der Waals surface area contributed by atoms with Gasteiger partial charge in [0.1, 0.15) is 0 Å². The van der Waals surface area contributed by atoms with Crippen molar-refractivity contribution >= 4 is 9.84 Å². The summed E-state index contributed by atoms with van der Waals surface area (Å²) < 4.78 is 10.6. The maximum absolute atomic E-state index is 5.74. The lowest BCUT2D eigenvalue weighted by molar-refractivity contribution is -0.125. The summed E-state index contributed by atoms with van der Waals surface area (Å²) >= 11 is 0. The van der Waals surface area contributed by atoms with Crippen LogP contribution in [0.1, 0.15) is 33.1 Å². The maximum atomic E-state index is 5.74. The quantitative estimate of drug-likeness (QED) is 0.591. The Morgan fingerprint density at radius 2 is 2.08 bits per heavy atom. The predicted octanol–water partition coefficient (Wildman–Crippen LogP) is 0.743. The Hall–Kier alpha value is 0.0969. The van der Waals surface area contributed by atoms with Crippen LogP contribution in [0.2, 0.25) is 0 Å². The van der Waals surface area contributed by atoms with E-state index in [1.165, 1.54) is 19.4 Å². The second kappa shape index (κ2) is 5.75. The molecule has 0 aromatic rings. The van der Waals surface area contributed by atoms with Gasteiger partial charge in [-0.05, 0) is 26.4 Å². The first kappa shape index (κ1) is 11.2. The fourth-order valence-electron chi connectivity index (χ4n) is 1.61. The van der Waals surface area contributed by atoms with E-state index in [0.717, 1.165) is 13.0 Å². The molecule has 1 heterocycles. The van der Waals surface area contributed by atoms with Crippen LogP contribution in [0.15, 0.2) is 0 Å². The summed E-state index contributed by atoms with van der Waals surface area (Å²) in [6, 6.07) is 0. The van der Waals surface area contributed by atoms with Crippen molar-refractivity contribution in [1.82, 2.24) is 9.13 Å². The zero-order valence-electron chi connectivity index (χ0n) is 9.12. The normalized spacial score (nSPS) is 26.5. The third-order valence-corrected chi connectivity index (χ3v) is 4.11. The second-order valence-corrected chi connectivity index (χ2v) is 5.85. The Morgan fingerprint density at radius 3 is 2.62 bits per heavy atom. The van der Waals surface area contributed by atoms with Gasteiger partial charge in [-0.3, -0.25) is 9.13 Å². The Bertz CT molecular complexity index is 146. The van der Waals surface area contributed by atoms with Crippen molar-refractivity contribution in [3.63, 3.8) is 0 Å². The minimum atomic E-state index is -0.111. The summed E-state index contributed by atoms with van der Waals surface area (Å²) in [5, 5.41) is 0. The minimum absolute atomic E-state index is 0.111. The van der Waals surface area contributed by atoms with Gasteiger partial charge in [0.2, 0.25) is 0 Å². The molecule has 0 saturated carbocycles. The van der Waals surface area contributed by atoms with Gasteiger partial charge in [-0.1, -0.05) is 20.3 Å². The van der Waals surface area contributed by atoms with Gasteiger partial charge in [-0.15, -0.1) is 0 Å². The highest BCUT2D eigenvalue weighted by Gasteiger charge is 2.33. The van der Waals surface area contributed by atoms with Crippen LogP contribution >= 0.6 is 0 Å². The largest absolute Gasteiger partial charge is 0.351 e. The van der Waals surface area contributed by atoms with Gasteiger partial charge in [0.15, 0.2) is 16.2 Å². The average molecular weight is 202 g/mol. The van der Waals surface area contributed by atoms with Crippen LogP contribution in [0.5, 0.6) is 0 Å². The highest BCUT2D eigenvalue weighted by molar-refractivity contribution is 6.31. The molecule has 1 atom stereocenters. The molecule has 1 aliphatic heterocycles. The molecule has 0 aromatic heterocycles. The van der Waals surface area contributed by atoms with Gasteiger partial charge < -0.3 is 4.74 Å². The fraction of sp³-hybridized carbons (Fsp3) is 1.00. The van der Waals surface area contributed by atoms with Crippen molar-refractivity contribution in [2.24, 2.45) is 0 Å². The van der Waals surface area contributed by atoms with Gasteiger partial charge in [-0.25, -0.2) is 0 Å². The van der Waals surface area contributed by atoms with Crippen molar-refractivity contribution in [2.75, 3.05) is 20.2 Å². The summed E-state index contributed by atoms with van der Waals surface area (Å²) in [5.74, 6) is 0. The monoisotopic (exact) mass is 202 g/mol. The minimum Gasteiger partial charge on any atom is -0.351 e. The number of rotatable bonds is 6. The molecule has 78 valence electrons. The summed E-state index contributed by atoms with van der Waals surface area (Å²) in [4.78, 5) is 0. The molecule has 1 aliphatic rings. The van der Waals surface area contributed by atoms with E-state index in [0.29, 0.717) is 6.35 Å². The highest BCUT2D eigenvalue weighted by atomic mass is 28.2. The average Bonchev–Trinajstić information content (AvgIpc) is 2.12. The van der Waals surface area contributed by atoms with Gasteiger partial charge in [0.05, 0.1) is 0 Å². The number of ether oxygens (including phenoxy) is 1. The van der Waals surface area contributed by atoms with Crippen molar-refractivity contribution in [2.45, 2.75) is 39.5 Å². The summed E-state index contributed by atoms with van der Waals surface area (Å²) in [6.45, 7) is 6.53. The molecule has 0 radical (unpaired) electrons. The zero-order valence-corrected chi connectivity index (χ0v) is 10.5. The molecule has 0 N–H and O–H groups in total. The van der Waals surface area contributed by atoms with E-state index in [-0.39, 0.29) is 9.84 Å². The lowest BCUT2D eigenvalue weighted by Gasteiger charge is -2.48. The van der Waals surface area contributed by atoms with Crippen LogP contribution < -0.4 is 0 Å². The molecule has 1 unspecified atom stereocenters. The molecule has 4 heteroatoms. The molecule has 3 nitrogen and oxygen atoms in total. The Balaban J connectivity index is 2.16. The summed E-state index contributed by atoms with van der Waals surface area (Å²) in [5.41, 5.74) is 0. The van der Waals surface area contributed by atoms with Crippen LogP contribution in [0.3, 0.4) is 0 Å². The first-order chi connectivity index (χ1) is 6.29. The molecule has 0 amide bonds. The van der Waals surface area contributed by atoms with E-state index in [2.05, 4.69) is 30.0 Å². The van der Waals surface area contributed by atoms with Crippen LogP contribution in [0, 0.1) is 0 Å². The standard InChI is InChI=1S/C9H22N2OSi/c1-4-6-7-11-9(10(3)13-11)12-8-5-2/h9H,4-8,13H2,1-3H3. The van der Waals surface area contributed by atoms with E-state index in [1.807, 2.05) is 0 Å². The summed E-state index contributed by atoms with van der Waals surface area (Å²) in [7, 11) is 2.06. The Morgan fingerprint density at radius 1 is 1.31 bits per heavy atom. The third-order valence-electron chi connectivity index (χ3n) is 2.36. The van der Waals surface area contributed by atoms with Gasteiger partial charge >= 0.3 is 0 Å². The van der Waals surface area contributed by atoms with Gasteiger partial charge in [0.25, 0.3) is 0 Å². The fourth-order valence-corrected chi connectivity index (χ4v) is 3.24. The molecule has 0 spiro atoms. The van der Waals surface area contributed by atoms with Crippen LogP contribution in [0.4, 0.5) is 0 Å². The molecular weight excluding hydrogens is 180 g/mol. The molecule has 0 aromatic carbocycles. The SMILES string of the molecule is CCCCN1[SiH2]N(C)C1OCCC. The molecule has 0 aliphatic carbocycles. The molecular formula is C9H22N2OSi. The van der Waals surface area contributed by atoms with E-state index in [1.54, 1.807) is 0 Å². The zero-order chi connectivity index (χ0) is 9.68. The van der Waals surface area contributed by atoms with Crippen molar-refractivity contribution in [3.8, 4) is 0 Å². The van der Waals surface area contributed by atoms with E-state index in [9.17, 15) is 0 Å². The van der Waals surface area contributed by atoms with E-state index >= 15 is 0 Å². The maximum Gasteiger partial charge on any atom is 0.179 e. The van der Waals surface area contributed by atoms with Crippen LogP contribution in [-0.2, 0) is 4.74 Å². The smallest absolute Gasteiger partial charge is 0.179 e. The van der Waals surface area contributed by atoms with Gasteiger partial charge in [0, 0.05) is 6.61 Å². The van der Waals surface area contributed by atoms with Crippen LogP contribution in [0.25, 0.3) is 0 Å². The lowest BCUT2D eigenvalue weighted by atomic mass is 10.3. The second-order valence-electron chi connectivity index (χ2n) is 3.76. The van der Waals surface area contributed by atoms with Crippen molar-refractivity contribution in [3.05, 3.63) is 0 Å². The van der Waals surface area contributed by atoms with E-state index in [4.69, 9.17) is 4.74 Å². The van der Waals surface area contributed by atoms with Crippen molar-refractivity contribution in [1.29, 1.82) is 0 Å². The number of nitrogens with zero attached hydrogens (tertiary/aromatic N) is 2. The molecule has 1 saturated heterocycles. The molecule has 13 heavy (non-hydrogen) atoms. The van der Waals surface area contributed by atoms with Crippen LogP contribution in [-0.4, -0.2) is 45.5 Å². The number of unbranched alkanes of at least 4 members (excludes halogenated alkanes) is 1. The topological polar surface area (TPSA) is 15.7 Å². The Labute approximate surface area is 84.0 Å². The first-order valence-electron chi connectivity index (χ1n) is 5.35. The number of hydrogen-bond acceptors (Lipinski definition) is 3. The van der Waals surface area contributed by atoms with E-state index < -0.39 is 0 Å². The summed E-state index contributed by atoms with van der Waals surface area (Å²) in [6.07, 6.45) is 4.04. The predicted molar refractivity (Wildman–Crippen MR) is 58.0 cm³/mol. The van der Waals surface area contributed by atoms with Gasteiger partial charge in [-0.2, -0.15) is 0 Å². The third kappa shape index (κ3) is 3.05. The molecule has 1 rings (SSSR count). The molecule has 1 fully saturated rings. The first-order valence-corrected chi connectivity index (χ1v) is 6.62. The number of hydrogen-bond donors (Lipinski definition) is 0.